The Morgan fingerprint density at radius 3 is 2.60 bits per heavy atom. The molecule has 1 aromatic carbocycles. The molecule has 0 aliphatic heterocycles. The molecule has 0 bridgehead atoms. The van der Waals surface area contributed by atoms with Crippen LogP contribution in [0, 0.1) is 16.3 Å². The third-order valence-electron chi connectivity index (χ3n) is 1.81. The maximum Gasteiger partial charge on any atom is 0.264 e. The number of hydrogen-bond donors (Lipinski definition) is 0. The largest absolute Gasteiger partial charge is 0.265 e. The number of hydrogen-bond acceptors (Lipinski definition) is 3. The third-order valence-corrected chi connectivity index (χ3v) is 3.18. The Bertz CT molecular complexity index is 470. The Morgan fingerprint density at radius 1 is 1.47 bits per heavy atom. The Kier molecular flexibility index (Phi) is 4.07. The van der Waals surface area contributed by atoms with E-state index in [1.54, 1.807) is 13.0 Å². The van der Waals surface area contributed by atoms with Crippen LogP contribution in [-0.2, 0) is 20.9 Å². The van der Waals surface area contributed by atoms with Gasteiger partial charge in [-0.05, 0) is 52.8 Å². The van der Waals surface area contributed by atoms with Gasteiger partial charge in [0.25, 0.3) is 10.1 Å². The van der Waals surface area contributed by atoms with E-state index in [2.05, 4.69) is 4.18 Å². The molecule has 6 heteroatoms. The third kappa shape index (κ3) is 4.04. The Morgan fingerprint density at radius 2 is 2.07 bits per heavy atom. The van der Waals surface area contributed by atoms with E-state index in [0.717, 1.165) is 11.8 Å². The molecule has 0 saturated heterocycles. The van der Waals surface area contributed by atoms with Gasteiger partial charge < -0.3 is 0 Å². The molecule has 0 atom stereocenters. The molecule has 0 saturated carbocycles. The Labute approximate surface area is 102 Å². The number of rotatable bonds is 3. The second-order valence-electron chi connectivity index (χ2n) is 3.16. The molecule has 0 aliphatic carbocycles. The molecule has 0 heterocycles. The van der Waals surface area contributed by atoms with Crippen molar-refractivity contribution in [2.75, 3.05) is 6.26 Å². The molecule has 0 aliphatic rings. The highest BCUT2D eigenvalue weighted by molar-refractivity contribution is 14.1. The summed E-state index contributed by atoms with van der Waals surface area (Å²) in [6, 6.07) is 2.94. The van der Waals surface area contributed by atoms with Crippen molar-refractivity contribution < 1.29 is 17.0 Å². The van der Waals surface area contributed by atoms with E-state index in [1.165, 1.54) is 6.07 Å². The van der Waals surface area contributed by atoms with Crippen molar-refractivity contribution in [1.29, 1.82) is 0 Å². The van der Waals surface area contributed by atoms with Gasteiger partial charge in [0.1, 0.15) is 5.82 Å². The monoisotopic (exact) mass is 344 g/mol. The van der Waals surface area contributed by atoms with Gasteiger partial charge in [-0.3, -0.25) is 4.18 Å². The highest BCUT2D eigenvalue weighted by Crippen LogP contribution is 2.18. The standard InChI is InChI=1S/C9H10FIO3S/c1-6-3-9(11)8(10)4-7(6)5-14-15(2,12)13/h3-4H,5H2,1-2H3. The van der Waals surface area contributed by atoms with E-state index >= 15 is 0 Å². The fraction of sp³-hybridized carbons (Fsp3) is 0.333. The molecular weight excluding hydrogens is 334 g/mol. The summed E-state index contributed by atoms with van der Waals surface area (Å²) < 4.78 is 39.8. The van der Waals surface area contributed by atoms with E-state index in [-0.39, 0.29) is 12.4 Å². The van der Waals surface area contributed by atoms with Gasteiger partial charge in [-0.1, -0.05) is 0 Å². The molecule has 0 spiro atoms. The minimum atomic E-state index is -3.49. The molecule has 84 valence electrons. The minimum Gasteiger partial charge on any atom is -0.265 e. The number of halogens is 2. The maximum atomic E-state index is 13.2. The predicted octanol–water partition coefficient (Wildman–Crippen LogP) is 2.21. The molecule has 1 rings (SSSR count). The Hall–Kier alpha value is -0.210. The van der Waals surface area contributed by atoms with E-state index in [9.17, 15) is 12.8 Å². The van der Waals surface area contributed by atoms with Crippen molar-refractivity contribution in [3.63, 3.8) is 0 Å². The molecule has 0 aromatic heterocycles. The zero-order valence-electron chi connectivity index (χ0n) is 8.25. The van der Waals surface area contributed by atoms with Crippen LogP contribution in [0.25, 0.3) is 0 Å². The lowest BCUT2D eigenvalue weighted by Gasteiger charge is -2.06. The summed E-state index contributed by atoms with van der Waals surface area (Å²) >= 11 is 1.88. The zero-order chi connectivity index (χ0) is 11.6. The molecule has 0 N–H and O–H groups in total. The van der Waals surface area contributed by atoms with Crippen LogP contribution in [0.4, 0.5) is 4.39 Å². The second kappa shape index (κ2) is 4.75. The molecule has 0 unspecified atom stereocenters. The summed E-state index contributed by atoms with van der Waals surface area (Å²) in [4.78, 5) is 0. The van der Waals surface area contributed by atoms with Crippen LogP contribution in [0.15, 0.2) is 12.1 Å². The summed E-state index contributed by atoms with van der Waals surface area (Å²) in [5.41, 5.74) is 1.35. The summed E-state index contributed by atoms with van der Waals surface area (Å²) in [6.07, 6.45) is 0.964. The normalized spacial score (nSPS) is 11.7. The summed E-state index contributed by atoms with van der Waals surface area (Å²) in [7, 11) is -3.49. The van der Waals surface area contributed by atoms with Crippen LogP contribution in [0.5, 0.6) is 0 Å². The quantitative estimate of drug-likeness (QED) is 0.624. The van der Waals surface area contributed by atoms with Crippen molar-refractivity contribution in [3.05, 3.63) is 32.6 Å². The Balaban J connectivity index is 2.91. The van der Waals surface area contributed by atoms with E-state index in [4.69, 9.17) is 0 Å². The second-order valence-corrected chi connectivity index (χ2v) is 5.97. The fourth-order valence-electron chi connectivity index (χ4n) is 1.01. The lowest BCUT2D eigenvalue weighted by molar-refractivity contribution is 0.310. The van der Waals surface area contributed by atoms with Gasteiger partial charge in [0.15, 0.2) is 0 Å². The smallest absolute Gasteiger partial charge is 0.264 e. The first kappa shape index (κ1) is 12.9. The van der Waals surface area contributed by atoms with Gasteiger partial charge >= 0.3 is 0 Å². The van der Waals surface area contributed by atoms with Crippen LogP contribution in [0.3, 0.4) is 0 Å². The van der Waals surface area contributed by atoms with Crippen LogP contribution in [0.1, 0.15) is 11.1 Å². The maximum absolute atomic E-state index is 13.2. The van der Waals surface area contributed by atoms with Gasteiger partial charge in [0.2, 0.25) is 0 Å². The fourth-order valence-corrected chi connectivity index (χ4v) is 1.98. The van der Waals surface area contributed by atoms with Gasteiger partial charge in [-0.15, -0.1) is 0 Å². The van der Waals surface area contributed by atoms with Crippen LogP contribution in [-0.4, -0.2) is 14.7 Å². The molecule has 0 fully saturated rings. The average molecular weight is 344 g/mol. The van der Waals surface area contributed by atoms with E-state index < -0.39 is 10.1 Å². The first-order valence-electron chi connectivity index (χ1n) is 4.08. The van der Waals surface area contributed by atoms with Crippen molar-refractivity contribution in [3.8, 4) is 0 Å². The van der Waals surface area contributed by atoms with Crippen LogP contribution in [0.2, 0.25) is 0 Å². The van der Waals surface area contributed by atoms with Crippen molar-refractivity contribution in [1.82, 2.24) is 0 Å². The summed E-state index contributed by atoms with van der Waals surface area (Å²) in [5, 5.41) is 0. The highest BCUT2D eigenvalue weighted by atomic mass is 127. The van der Waals surface area contributed by atoms with Crippen LogP contribution >= 0.6 is 22.6 Å². The predicted molar refractivity (Wildman–Crippen MR) is 63.5 cm³/mol. The van der Waals surface area contributed by atoms with Crippen molar-refractivity contribution >= 4 is 32.7 Å². The highest BCUT2D eigenvalue weighted by Gasteiger charge is 2.08. The molecule has 1 aromatic rings. The first-order valence-corrected chi connectivity index (χ1v) is 6.98. The molecule has 3 nitrogen and oxygen atoms in total. The number of benzene rings is 1. The molecule has 15 heavy (non-hydrogen) atoms. The zero-order valence-corrected chi connectivity index (χ0v) is 11.2. The lowest BCUT2D eigenvalue weighted by atomic mass is 10.1. The molecule has 0 radical (unpaired) electrons. The number of aryl methyl sites for hydroxylation is 1. The van der Waals surface area contributed by atoms with Crippen LogP contribution < -0.4 is 0 Å². The topological polar surface area (TPSA) is 43.4 Å². The van der Waals surface area contributed by atoms with Crippen molar-refractivity contribution in [2.45, 2.75) is 13.5 Å². The van der Waals surface area contributed by atoms with E-state index in [0.29, 0.717) is 9.13 Å². The lowest BCUT2D eigenvalue weighted by Crippen LogP contribution is -2.04. The minimum absolute atomic E-state index is 0.126. The van der Waals surface area contributed by atoms with Gasteiger partial charge in [-0.2, -0.15) is 8.42 Å². The summed E-state index contributed by atoms with van der Waals surface area (Å²) in [5.74, 6) is -0.367. The van der Waals surface area contributed by atoms with Gasteiger partial charge in [0.05, 0.1) is 12.9 Å². The van der Waals surface area contributed by atoms with Crippen molar-refractivity contribution in [2.24, 2.45) is 0 Å². The SMILES string of the molecule is Cc1cc(I)c(F)cc1COS(C)(=O)=O. The summed E-state index contributed by atoms with van der Waals surface area (Å²) in [6.45, 7) is 1.65. The average Bonchev–Trinajstić information content (AvgIpc) is 2.07. The van der Waals surface area contributed by atoms with E-state index in [1.807, 2.05) is 22.6 Å². The molecule has 0 amide bonds. The first-order chi connectivity index (χ1) is 6.79. The molecular formula is C9H10FIO3S. The van der Waals surface area contributed by atoms with Gasteiger partial charge in [0, 0.05) is 3.57 Å². The van der Waals surface area contributed by atoms with Gasteiger partial charge in [-0.25, -0.2) is 4.39 Å².